The minimum Gasteiger partial charge on any atom is -0.427 e. The van der Waals surface area contributed by atoms with E-state index in [4.69, 9.17) is 16.3 Å². The van der Waals surface area contributed by atoms with Crippen LogP contribution in [0.25, 0.3) is 0 Å². The molecule has 106 valence electrons. The van der Waals surface area contributed by atoms with E-state index in [0.717, 1.165) is 12.2 Å². The van der Waals surface area contributed by atoms with Crippen LogP contribution in [0.4, 0.5) is 5.69 Å². The summed E-state index contributed by atoms with van der Waals surface area (Å²) >= 11 is 5.78. The quantitative estimate of drug-likeness (QED) is 0.844. The molecule has 0 atom stereocenters. The van der Waals surface area contributed by atoms with Crippen molar-refractivity contribution in [2.24, 2.45) is 4.99 Å². The molecule has 4 heteroatoms. The summed E-state index contributed by atoms with van der Waals surface area (Å²) in [5, 5.41) is 0. The summed E-state index contributed by atoms with van der Waals surface area (Å²) < 4.78 is 5.70. The van der Waals surface area contributed by atoms with Crippen LogP contribution in [-0.2, 0) is 11.3 Å². The monoisotopic (exact) mass is 298 g/mol. The van der Waals surface area contributed by atoms with Gasteiger partial charge in [-0.15, -0.1) is 0 Å². The van der Waals surface area contributed by atoms with Gasteiger partial charge in [-0.25, -0.2) is 0 Å². The van der Waals surface area contributed by atoms with Crippen molar-refractivity contribution < 1.29 is 4.74 Å². The zero-order valence-electron chi connectivity index (χ0n) is 11.4. The van der Waals surface area contributed by atoms with Gasteiger partial charge >= 0.3 is 0 Å². The number of para-hydroxylation sites is 1. The Labute approximate surface area is 129 Å². The molecule has 1 aliphatic rings. The summed E-state index contributed by atoms with van der Waals surface area (Å²) in [7, 11) is 0. The molecule has 0 spiro atoms. The largest absolute Gasteiger partial charge is 0.427 e. The van der Waals surface area contributed by atoms with Crippen LogP contribution in [-0.4, -0.2) is 17.5 Å². The van der Waals surface area contributed by atoms with E-state index in [9.17, 15) is 0 Å². The molecule has 0 saturated carbocycles. The fraction of sp³-hybridized carbons (Fsp3) is 0.118. The Hall–Kier alpha value is -2.26. The zero-order chi connectivity index (χ0) is 14.5. The van der Waals surface area contributed by atoms with Gasteiger partial charge in [0.2, 0.25) is 0 Å². The molecule has 1 heterocycles. The fourth-order valence-electron chi connectivity index (χ4n) is 2.16. The first-order valence-electron chi connectivity index (χ1n) is 6.75. The van der Waals surface area contributed by atoms with Gasteiger partial charge in [0.25, 0.3) is 6.02 Å². The first-order chi connectivity index (χ1) is 10.3. The van der Waals surface area contributed by atoms with Crippen molar-refractivity contribution in [3.8, 4) is 0 Å². The van der Waals surface area contributed by atoms with Gasteiger partial charge in [0.1, 0.15) is 5.76 Å². The zero-order valence-corrected chi connectivity index (χ0v) is 12.2. The molecule has 1 aliphatic heterocycles. The molecule has 3 nitrogen and oxygen atoms in total. The molecule has 2 aromatic rings. The van der Waals surface area contributed by atoms with E-state index in [1.165, 1.54) is 11.1 Å². The van der Waals surface area contributed by atoms with E-state index < -0.39 is 0 Å². The van der Waals surface area contributed by atoms with Gasteiger partial charge in [0.15, 0.2) is 0 Å². The van der Waals surface area contributed by atoms with Gasteiger partial charge in [0, 0.05) is 12.1 Å². The number of ether oxygens (including phenoxy) is 1. The van der Waals surface area contributed by atoms with E-state index >= 15 is 0 Å². The van der Waals surface area contributed by atoms with Crippen molar-refractivity contribution in [3.05, 3.63) is 77.5 Å². The standard InChI is InChI=1S/C17H15ClN2O/c18-11-16-13-20(12-14-7-3-1-4-8-14)17(21-16)19-15-9-5-2-6-10-15/h1-11H,12-13H2/b16-11+,19-17?. The van der Waals surface area contributed by atoms with Crippen LogP contribution in [0.2, 0.25) is 0 Å². The lowest BCUT2D eigenvalue weighted by atomic mass is 10.2. The second kappa shape index (κ2) is 6.46. The molecule has 1 fully saturated rings. The fourth-order valence-corrected chi connectivity index (χ4v) is 2.27. The molecule has 0 bridgehead atoms. The number of aliphatic imine (C=N–C) groups is 1. The third kappa shape index (κ3) is 3.44. The second-order valence-corrected chi connectivity index (χ2v) is 4.97. The maximum Gasteiger partial charge on any atom is 0.298 e. The Balaban J connectivity index is 1.85. The van der Waals surface area contributed by atoms with E-state index in [1.807, 2.05) is 48.5 Å². The number of hydrogen-bond acceptors (Lipinski definition) is 2. The van der Waals surface area contributed by atoms with E-state index in [0.29, 0.717) is 18.3 Å². The summed E-state index contributed by atoms with van der Waals surface area (Å²) in [5.74, 6) is 0.710. The first kappa shape index (κ1) is 13.7. The number of hydrogen-bond donors (Lipinski definition) is 0. The molecule has 0 amide bonds. The van der Waals surface area contributed by atoms with Crippen LogP contribution < -0.4 is 0 Å². The molecule has 0 N–H and O–H groups in total. The number of nitrogens with zero attached hydrogens (tertiary/aromatic N) is 2. The second-order valence-electron chi connectivity index (χ2n) is 4.75. The Morgan fingerprint density at radius 1 is 1.05 bits per heavy atom. The van der Waals surface area contributed by atoms with E-state index in [2.05, 4.69) is 22.0 Å². The molecule has 0 aromatic heterocycles. The highest BCUT2D eigenvalue weighted by atomic mass is 35.5. The van der Waals surface area contributed by atoms with E-state index in [1.54, 1.807) is 0 Å². The van der Waals surface area contributed by atoms with E-state index in [-0.39, 0.29) is 0 Å². The van der Waals surface area contributed by atoms with Crippen molar-refractivity contribution >= 4 is 23.3 Å². The predicted molar refractivity (Wildman–Crippen MR) is 85.4 cm³/mol. The summed E-state index contributed by atoms with van der Waals surface area (Å²) in [5.41, 5.74) is 3.53. The Bertz CT molecular complexity index is 653. The normalized spacial score (nSPS) is 18.2. The molecule has 0 unspecified atom stereocenters. The Morgan fingerprint density at radius 2 is 1.71 bits per heavy atom. The maximum atomic E-state index is 5.78. The predicted octanol–water partition coefficient (Wildman–Crippen LogP) is 4.29. The molecule has 0 aliphatic carbocycles. The van der Waals surface area contributed by atoms with Crippen molar-refractivity contribution in [3.63, 3.8) is 0 Å². The average molecular weight is 299 g/mol. The lowest BCUT2D eigenvalue weighted by Gasteiger charge is -2.15. The Kier molecular flexibility index (Phi) is 4.22. The molecular formula is C17H15ClN2O. The van der Waals surface area contributed by atoms with Gasteiger partial charge in [-0.2, -0.15) is 4.99 Å². The number of halogens is 1. The van der Waals surface area contributed by atoms with Crippen molar-refractivity contribution in [1.29, 1.82) is 0 Å². The third-order valence-electron chi connectivity index (χ3n) is 3.16. The molecule has 21 heavy (non-hydrogen) atoms. The Morgan fingerprint density at radius 3 is 2.38 bits per heavy atom. The lowest BCUT2D eigenvalue weighted by molar-refractivity contribution is 0.415. The SMILES string of the molecule is Cl/C=C1\CN(Cc2ccccc2)C(=Nc2ccccc2)O1. The van der Waals surface area contributed by atoms with Crippen LogP contribution in [0.3, 0.4) is 0 Å². The highest BCUT2D eigenvalue weighted by Crippen LogP contribution is 2.21. The van der Waals surface area contributed by atoms with Gasteiger partial charge in [-0.05, 0) is 17.7 Å². The van der Waals surface area contributed by atoms with Gasteiger partial charge in [-0.1, -0.05) is 60.1 Å². The highest BCUT2D eigenvalue weighted by molar-refractivity contribution is 6.25. The number of amidine groups is 1. The van der Waals surface area contributed by atoms with Crippen LogP contribution in [0, 0.1) is 0 Å². The smallest absolute Gasteiger partial charge is 0.298 e. The van der Waals surface area contributed by atoms with Gasteiger partial charge in [-0.3, -0.25) is 0 Å². The van der Waals surface area contributed by atoms with Crippen LogP contribution in [0.1, 0.15) is 5.56 Å². The van der Waals surface area contributed by atoms with Gasteiger partial charge in [0.05, 0.1) is 12.2 Å². The molecule has 3 rings (SSSR count). The topological polar surface area (TPSA) is 24.8 Å². The van der Waals surface area contributed by atoms with Crippen LogP contribution in [0.5, 0.6) is 0 Å². The van der Waals surface area contributed by atoms with Crippen molar-refractivity contribution in [2.45, 2.75) is 6.54 Å². The summed E-state index contributed by atoms with van der Waals surface area (Å²) in [6.07, 6.45) is 0. The third-order valence-corrected chi connectivity index (χ3v) is 3.40. The number of benzene rings is 2. The first-order valence-corrected chi connectivity index (χ1v) is 7.18. The highest BCUT2D eigenvalue weighted by Gasteiger charge is 2.25. The average Bonchev–Trinajstić information content (AvgIpc) is 2.91. The minimum atomic E-state index is 0.581. The molecule has 0 radical (unpaired) electrons. The van der Waals surface area contributed by atoms with Crippen LogP contribution in [0.15, 0.2) is 77.0 Å². The summed E-state index contributed by atoms with van der Waals surface area (Å²) in [4.78, 5) is 6.62. The molecule has 1 saturated heterocycles. The van der Waals surface area contributed by atoms with Crippen molar-refractivity contribution in [1.82, 2.24) is 4.90 Å². The lowest BCUT2D eigenvalue weighted by Crippen LogP contribution is -2.24. The minimum absolute atomic E-state index is 0.581. The summed E-state index contributed by atoms with van der Waals surface area (Å²) in [6.45, 7) is 1.37. The van der Waals surface area contributed by atoms with Crippen LogP contribution >= 0.6 is 11.6 Å². The maximum absolute atomic E-state index is 5.78. The van der Waals surface area contributed by atoms with Gasteiger partial charge < -0.3 is 9.64 Å². The summed E-state index contributed by atoms with van der Waals surface area (Å²) in [6, 6.07) is 20.6. The number of rotatable bonds is 3. The molecule has 2 aromatic carbocycles. The van der Waals surface area contributed by atoms with Crippen molar-refractivity contribution in [2.75, 3.05) is 6.54 Å². The molecular weight excluding hydrogens is 284 g/mol.